The van der Waals surface area contributed by atoms with Crippen molar-refractivity contribution in [1.82, 2.24) is 9.88 Å². The van der Waals surface area contributed by atoms with Crippen LogP contribution in [0.2, 0.25) is 0 Å². The van der Waals surface area contributed by atoms with E-state index in [9.17, 15) is 9.59 Å². The number of hydrogen-bond donors (Lipinski definition) is 0. The van der Waals surface area contributed by atoms with Crippen molar-refractivity contribution in [2.24, 2.45) is 11.8 Å². The molecule has 0 spiro atoms. The molecule has 19 heavy (non-hydrogen) atoms. The predicted molar refractivity (Wildman–Crippen MR) is 64.6 cm³/mol. The minimum absolute atomic E-state index is 0.108. The third-order valence-electron chi connectivity index (χ3n) is 4.09. The van der Waals surface area contributed by atoms with E-state index >= 15 is 0 Å². The number of amides is 2. The standard InChI is InChI=1S/C14H12N2O3/c17-13-11-9-1-2-10(19-9)12(11)14(18)16(13)7-8-3-5-15-6-4-8/h1-6,9-12H,7H2/t9-,10+,11-,12+. The molecular weight excluding hydrogens is 244 g/mol. The maximum Gasteiger partial charge on any atom is 0.236 e. The summed E-state index contributed by atoms with van der Waals surface area (Å²) in [5, 5.41) is 0. The average Bonchev–Trinajstić information content (AvgIpc) is 3.10. The van der Waals surface area contributed by atoms with Gasteiger partial charge in [-0.2, -0.15) is 0 Å². The SMILES string of the molecule is O=C1[C@@H]2[C@H](C(=O)N1Cc1ccncc1)[C@H]1C=C[C@@H]2O1. The van der Waals surface area contributed by atoms with Gasteiger partial charge in [-0.1, -0.05) is 12.2 Å². The Morgan fingerprint density at radius 2 is 1.63 bits per heavy atom. The zero-order chi connectivity index (χ0) is 13.0. The molecule has 0 N–H and O–H groups in total. The molecule has 5 nitrogen and oxygen atoms in total. The monoisotopic (exact) mass is 256 g/mol. The molecular formula is C14H12N2O3. The fourth-order valence-corrected chi connectivity index (χ4v) is 3.19. The molecule has 4 heterocycles. The van der Waals surface area contributed by atoms with Gasteiger partial charge < -0.3 is 4.74 Å². The summed E-state index contributed by atoms with van der Waals surface area (Å²) in [6.07, 6.45) is 6.69. The summed E-state index contributed by atoms with van der Waals surface area (Å²) in [5.41, 5.74) is 0.915. The Morgan fingerprint density at radius 3 is 2.21 bits per heavy atom. The number of pyridine rings is 1. The average molecular weight is 256 g/mol. The van der Waals surface area contributed by atoms with Gasteiger partial charge in [-0.15, -0.1) is 0 Å². The molecule has 2 amide bonds. The van der Waals surface area contributed by atoms with Crippen LogP contribution >= 0.6 is 0 Å². The summed E-state index contributed by atoms with van der Waals surface area (Å²) in [4.78, 5) is 30.0. The summed E-state index contributed by atoms with van der Waals surface area (Å²) in [6.45, 7) is 0.326. The van der Waals surface area contributed by atoms with E-state index in [1.54, 1.807) is 12.4 Å². The van der Waals surface area contributed by atoms with E-state index in [0.717, 1.165) is 5.56 Å². The Labute approximate surface area is 109 Å². The maximum atomic E-state index is 12.4. The maximum absolute atomic E-state index is 12.4. The van der Waals surface area contributed by atoms with Crippen LogP contribution in [-0.4, -0.2) is 33.9 Å². The van der Waals surface area contributed by atoms with Crippen LogP contribution in [0.5, 0.6) is 0 Å². The molecule has 3 aliphatic heterocycles. The molecule has 4 rings (SSSR count). The van der Waals surface area contributed by atoms with Crippen molar-refractivity contribution in [3.05, 3.63) is 42.2 Å². The van der Waals surface area contributed by atoms with E-state index in [0.29, 0.717) is 6.54 Å². The van der Waals surface area contributed by atoms with Crippen LogP contribution in [0.1, 0.15) is 5.56 Å². The largest absolute Gasteiger partial charge is 0.365 e. The highest BCUT2D eigenvalue weighted by Crippen LogP contribution is 2.45. The Bertz CT molecular complexity index is 554. The van der Waals surface area contributed by atoms with Gasteiger partial charge in [-0.05, 0) is 17.7 Å². The third-order valence-corrected chi connectivity index (χ3v) is 4.09. The molecule has 96 valence electrons. The van der Waals surface area contributed by atoms with Crippen molar-refractivity contribution in [1.29, 1.82) is 0 Å². The molecule has 0 saturated carbocycles. The smallest absolute Gasteiger partial charge is 0.236 e. The van der Waals surface area contributed by atoms with Crippen LogP contribution in [0.25, 0.3) is 0 Å². The van der Waals surface area contributed by atoms with Gasteiger partial charge in [0.15, 0.2) is 0 Å². The molecule has 5 heteroatoms. The Balaban J connectivity index is 1.62. The molecule has 0 aliphatic carbocycles. The van der Waals surface area contributed by atoms with E-state index in [2.05, 4.69) is 4.98 Å². The van der Waals surface area contributed by atoms with Gasteiger partial charge in [0.05, 0.1) is 30.6 Å². The minimum atomic E-state index is -0.315. The lowest BCUT2D eigenvalue weighted by Gasteiger charge is -2.17. The first-order valence-electron chi connectivity index (χ1n) is 6.33. The zero-order valence-electron chi connectivity index (χ0n) is 10.1. The van der Waals surface area contributed by atoms with Gasteiger partial charge in [0.1, 0.15) is 0 Å². The van der Waals surface area contributed by atoms with Crippen LogP contribution in [0.15, 0.2) is 36.7 Å². The molecule has 1 aromatic heterocycles. The van der Waals surface area contributed by atoms with E-state index in [-0.39, 0.29) is 35.9 Å². The van der Waals surface area contributed by atoms with E-state index in [4.69, 9.17) is 4.74 Å². The van der Waals surface area contributed by atoms with E-state index in [1.807, 2.05) is 24.3 Å². The molecule has 0 aromatic carbocycles. The molecule has 4 atom stereocenters. The van der Waals surface area contributed by atoms with Crippen molar-refractivity contribution in [3.8, 4) is 0 Å². The lowest BCUT2D eigenvalue weighted by atomic mass is 9.85. The van der Waals surface area contributed by atoms with Crippen LogP contribution in [0.4, 0.5) is 0 Å². The minimum Gasteiger partial charge on any atom is -0.365 e. The van der Waals surface area contributed by atoms with Crippen LogP contribution in [-0.2, 0) is 20.9 Å². The summed E-state index contributed by atoms with van der Waals surface area (Å²) in [6, 6.07) is 3.63. The number of ether oxygens (including phenoxy) is 1. The number of hydrogen-bond acceptors (Lipinski definition) is 4. The van der Waals surface area contributed by atoms with Crippen molar-refractivity contribution >= 4 is 11.8 Å². The van der Waals surface area contributed by atoms with Crippen LogP contribution in [0, 0.1) is 11.8 Å². The second-order valence-electron chi connectivity index (χ2n) is 5.12. The first-order valence-corrected chi connectivity index (χ1v) is 6.33. The van der Waals surface area contributed by atoms with Crippen LogP contribution in [0.3, 0.4) is 0 Å². The predicted octanol–water partition coefficient (Wildman–Crippen LogP) is 0.520. The van der Waals surface area contributed by atoms with E-state index < -0.39 is 0 Å². The Kier molecular flexibility index (Phi) is 2.14. The fourth-order valence-electron chi connectivity index (χ4n) is 3.19. The lowest BCUT2D eigenvalue weighted by Crippen LogP contribution is -2.33. The second-order valence-corrected chi connectivity index (χ2v) is 5.12. The third kappa shape index (κ3) is 1.42. The summed E-state index contributed by atoms with van der Waals surface area (Å²) >= 11 is 0. The van der Waals surface area contributed by atoms with Crippen molar-refractivity contribution < 1.29 is 14.3 Å². The highest BCUT2D eigenvalue weighted by molar-refractivity contribution is 6.06. The number of aromatic nitrogens is 1. The molecule has 1 aromatic rings. The number of nitrogens with zero attached hydrogens (tertiary/aromatic N) is 2. The summed E-state index contributed by atoms with van der Waals surface area (Å²) in [5.74, 6) is -0.846. The fraction of sp³-hybridized carbons (Fsp3) is 0.357. The van der Waals surface area contributed by atoms with Gasteiger partial charge in [0.25, 0.3) is 0 Å². The molecule has 0 radical (unpaired) electrons. The highest BCUT2D eigenvalue weighted by atomic mass is 16.5. The zero-order valence-corrected chi connectivity index (χ0v) is 10.1. The van der Waals surface area contributed by atoms with Gasteiger partial charge in [0.2, 0.25) is 11.8 Å². The summed E-state index contributed by atoms with van der Waals surface area (Å²) in [7, 11) is 0. The van der Waals surface area contributed by atoms with Crippen molar-refractivity contribution in [2.45, 2.75) is 18.8 Å². The molecule has 3 aliphatic rings. The lowest BCUT2D eigenvalue weighted by molar-refractivity contribution is -0.143. The molecule has 2 saturated heterocycles. The van der Waals surface area contributed by atoms with E-state index in [1.165, 1.54) is 4.90 Å². The van der Waals surface area contributed by atoms with Gasteiger partial charge in [0, 0.05) is 12.4 Å². The number of likely N-dealkylation sites (tertiary alicyclic amines) is 1. The number of carbonyl (C=O) groups is 2. The number of imide groups is 1. The normalized spacial score (nSPS) is 35.3. The number of carbonyl (C=O) groups excluding carboxylic acids is 2. The van der Waals surface area contributed by atoms with Gasteiger partial charge >= 0.3 is 0 Å². The molecule has 2 bridgehead atoms. The van der Waals surface area contributed by atoms with Crippen molar-refractivity contribution in [3.63, 3.8) is 0 Å². The first kappa shape index (κ1) is 10.9. The quantitative estimate of drug-likeness (QED) is 0.572. The van der Waals surface area contributed by atoms with Crippen LogP contribution < -0.4 is 0 Å². The second kappa shape index (κ2) is 3.74. The number of rotatable bonds is 2. The number of fused-ring (bicyclic) bond motifs is 5. The molecule has 2 fully saturated rings. The first-order chi connectivity index (χ1) is 9.25. The highest BCUT2D eigenvalue weighted by Gasteiger charge is 2.60. The van der Waals surface area contributed by atoms with Gasteiger partial charge in [-0.3, -0.25) is 19.5 Å². The Hall–Kier alpha value is -2.01. The van der Waals surface area contributed by atoms with Gasteiger partial charge in [-0.25, -0.2) is 0 Å². The van der Waals surface area contributed by atoms with Crippen molar-refractivity contribution in [2.75, 3.05) is 0 Å². The topological polar surface area (TPSA) is 59.5 Å². The summed E-state index contributed by atoms with van der Waals surface area (Å²) < 4.78 is 5.59. The molecule has 0 unspecified atom stereocenters. The Morgan fingerprint density at radius 1 is 1.05 bits per heavy atom.